The van der Waals surface area contributed by atoms with Gasteiger partial charge in [-0.3, -0.25) is 19.4 Å². The van der Waals surface area contributed by atoms with Crippen molar-refractivity contribution in [2.45, 2.75) is 284 Å². The quantitative estimate of drug-likeness (QED) is 0.188. The average Bonchev–Trinajstić information content (AvgIpc) is 0.805. The zero-order valence-electron chi connectivity index (χ0n) is 64.1. The first-order valence-electron chi connectivity index (χ1n) is 34.8. The summed E-state index contributed by atoms with van der Waals surface area (Å²) in [5, 5.41) is 0. The minimum atomic E-state index is -0.483. The van der Waals surface area contributed by atoms with Crippen LogP contribution in [0.1, 0.15) is 244 Å². The van der Waals surface area contributed by atoms with E-state index >= 15 is 0 Å². The molecule has 23 nitrogen and oxygen atoms in total. The maximum absolute atomic E-state index is 12.4. The van der Waals surface area contributed by atoms with Crippen molar-refractivity contribution in [3.8, 4) is 0 Å². The molecule has 0 radical (unpaired) electrons. The Kier molecular flexibility index (Phi) is 34.8. The summed E-state index contributed by atoms with van der Waals surface area (Å²) in [6.45, 7) is 61.3. The predicted molar refractivity (Wildman–Crippen MR) is 369 cm³/mol. The second-order valence-electron chi connectivity index (χ2n) is 34.1. The van der Waals surface area contributed by atoms with Gasteiger partial charge in [0.15, 0.2) is 0 Å². The largest absolute Gasteiger partial charge is 0.444 e. The first-order chi connectivity index (χ1) is 43.8. The number of hydrogen-bond donors (Lipinski definition) is 0. The Morgan fingerprint density at radius 3 is 1.06 bits per heavy atom. The highest BCUT2D eigenvalue weighted by Gasteiger charge is 2.44. The lowest BCUT2D eigenvalue weighted by Gasteiger charge is -2.50. The van der Waals surface area contributed by atoms with Crippen LogP contribution in [0.3, 0.4) is 0 Å². The van der Waals surface area contributed by atoms with Gasteiger partial charge >= 0.3 is 42.8 Å². The minimum Gasteiger partial charge on any atom is -0.444 e. The second-order valence-corrected chi connectivity index (χ2v) is 34.1. The number of ether oxygens (including phenoxy) is 5. The van der Waals surface area contributed by atoms with E-state index in [0.717, 1.165) is 51.5 Å². The monoisotopic (exact) mass is 1360 g/mol. The van der Waals surface area contributed by atoms with Crippen molar-refractivity contribution in [1.82, 2.24) is 34.3 Å². The van der Waals surface area contributed by atoms with Crippen LogP contribution in [0.2, 0.25) is 0 Å². The van der Waals surface area contributed by atoms with Gasteiger partial charge in [-0.1, -0.05) is 86.8 Å². The fraction of sp³-hybridized carbons (Fsp3) is 0.849. The third-order valence-electron chi connectivity index (χ3n) is 17.6. The maximum Gasteiger partial charge on any atom is 0.410 e. The third kappa shape index (κ3) is 33.6. The lowest BCUT2D eigenvalue weighted by molar-refractivity contribution is -0.193. The van der Waals surface area contributed by atoms with Crippen LogP contribution in [-0.4, -0.2) is 220 Å². The van der Waals surface area contributed by atoms with E-state index in [2.05, 4.69) is 71.3 Å². The van der Waals surface area contributed by atoms with E-state index in [4.69, 9.17) is 42.9 Å². The van der Waals surface area contributed by atoms with Gasteiger partial charge in [-0.25, -0.2) is 24.0 Å². The Morgan fingerprint density at radius 2 is 0.740 bits per heavy atom. The van der Waals surface area contributed by atoms with Gasteiger partial charge in [0, 0.05) is 108 Å². The summed E-state index contributed by atoms with van der Waals surface area (Å²) in [6, 6.07) is 1.18. The van der Waals surface area contributed by atoms with Crippen LogP contribution >= 0.6 is 0 Å². The van der Waals surface area contributed by atoms with Crippen LogP contribution in [0.15, 0.2) is 11.6 Å². The molecule has 7 rings (SSSR count). The molecule has 96 heavy (non-hydrogen) atoms. The van der Waals surface area contributed by atoms with E-state index in [9.17, 15) is 33.6 Å². The smallest absolute Gasteiger partial charge is 0.410 e. The van der Waals surface area contributed by atoms with Crippen LogP contribution in [0.4, 0.5) is 24.0 Å². The van der Waals surface area contributed by atoms with E-state index in [0.29, 0.717) is 64.1 Å². The summed E-state index contributed by atoms with van der Waals surface area (Å²) in [5.41, 5.74) is -0.998. The van der Waals surface area contributed by atoms with E-state index < -0.39 is 33.4 Å². The highest BCUT2D eigenvalue weighted by molar-refractivity contribution is 5.87. The molecule has 0 saturated carbocycles. The van der Waals surface area contributed by atoms with E-state index in [1.54, 1.807) is 14.7 Å². The van der Waals surface area contributed by atoms with Gasteiger partial charge in [0.05, 0.1) is 0 Å². The molecule has 7 heterocycles. The maximum atomic E-state index is 12.4. The number of amides is 5. The topological polar surface area (TPSA) is 257 Å². The van der Waals surface area contributed by atoms with Crippen LogP contribution < -0.4 is 0 Å². The summed E-state index contributed by atoms with van der Waals surface area (Å²) < 4.78 is 26.9. The number of rotatable bonds is 3. The average molecular weight is 1360 g/mol. The zero-order valence-corrected chi connectivity index (χ0v) is 64.1. The Bertz CT molecular complexity index is 2570. The molecule has 7 aliphatic rings. The standard InChI is InChI=1S/C19H36N2O2.C17H32N2O2.C13H23NO2.C12H21NO3.C10H17NO3.2CO2/c1-7-15-8-11-20(12-9-15)16-10-13-21(14-19(16,5)6)17(22)23-18(2,3)4;1-16(2,3)21-15(20)19-12-9-14(17(4,5)13-19)18-10-7-6-8-11-18;1-10-7-8-14(9-13(10,5)6)11(15)16-12(2,3)4;1-11(2,3)16-10(15)13-7-6-9(14)12(4,5)8-13;1-10(2,3)14-9(13)11-6-4-8(12)5-7-11;2*2-1-3/h15-16H,7-14H2,1-6H3;14H,6-13H2,1-5H3;7H,8-9H2,1-6H3;6-8H2,1-5H3;4-7H2,1-3H3;;. The molecule has 0 aliphatic carbocycles. The molecule has 2 unspecified atom stereocenters. The molecule has 6 saturated heterocycles. The van der Waals surface area contributed by atoms with Gasteiger partial charge in [0.2, 0.25) is 0 Å². The summed E-state index contributed by atoms with van der Waals surface area (Å²) in [6.07, 6.45) is 12.9. The molecule has 0 aromatic heterocycles. The van der Waals surface area contributed by atoms with Gasteiger partial charge in [0.1, 0.15) is 39.6 Å². The number of piperidine rings is 6. The molecule has 23 heteroatoms. The van der Waals surface area contributed by atoms with Gasteiger partial charge in [0.25, 0.3) is 0 Å². The first-order valence-corrected chi connectivity index (χ1v) is 34.8. The van der Waals surface area contributed by atoms with Crippen molar-refractivity contribution in [3.05, 3.63) is 11.6 Å². The van der Waals surface area contributed by atoms with Gasteiger partial charge in [-0.2, -0.15) is 19.2 Å². The first kappa shape index (κ1) is 88.1. The number of nitrogens with zero attached hydrogens (tertiary/aromatic N) is 7. The lowest BCUT2D eigenvalue weighted by atomic mass is 9.77. The predicted octanol–water partition coefficient (Wildman–Crippen LogP) is 13.5. The summed E-state index contributed by atoms with van der Waals surface area (Å²) in [4.78, 5) is 129. The molecule has 5 amide bonds. The van der Waals surface area contributed by atoms with E-state index in [1.165, 1.54) is 70.3 Å². The molecule has 0 aromatic carbocycles. The molecular formula is C73H129N7O16. The van der Waals surface area contributed by atoms with E-state index in [1.807, 2.05) is 128 Å². The number of carbonyl (C=O) groups excluding carboxylic acids is 11. The number of Topliss-reactive ketones (excluding diaryl/α,β-unsaturated/α-hetero) is 2. The van der Waals surface area contributed by atoms with Crippen LogP contribution in [-0.2, 0) is 52.5 Å². The van der Waals surface area contributed by atoms with Crippen molar-refractivity contribution in [2.75, 3.05) is 91.6 Å². The molecule has 0 aromatic rings. The van der Waals surface area contributed by atoms with Crippen molar-refractivity contribution in [3.63, 3.8) is 0 Å². The van der Waals surface area contributed by atoms with Gasteiger partial charge < -0.3 is 48.2 Å². The number of ketones is 2. The molecule has 0 bridgehead atoms. The molecular weight excluding hydrogens is 1230 g/mol. The van der Waals surface area contributed by atoms with Gasteiger partial charge in [-0.15, -0.1) is 0 Å². The summed E-state index contributed by atoms with van der Waals surface area (Å²) >= 11 is 0. The number of carbonyl (C=O) groups is 7. The normalized spacial score (nSPS) is 22.2. The third-order valence-corrected chi connectivity index (χ3v) is 17.6. The zero-order chi connectivity index (χ0) is 74.2. The van der Waals surface area contributed by atoms with Crippen molar-refractivity contribution in [1.29, 1.82) is 0 Å². The fourth-order valence-electron chi connectivity index (χ4n) is 12.5. The summed E-state index contributed by atoms with van der Waals surface area (Å²) in [5.74, 6) is 1.35. The van der Waals surface area contributed by atoms with E-state index in [-0.39, 0.29) is 70.6 Å². The van der Waals surface area contributed by atoms with Crippen LogP contribution in [0.25, 0.3) is 0 Å². The summed E-state index contributed by atoms with van der Waals surface area (Å²) in [7, 11) is 0. The lowest BCUT2D eigenvalue weighted by Crippen LogP contribution is -2.58. The number of hydrogen-bond acceptors (Lipinski definition) is 18. The highest BCUT2D eigenvalue weighted by atomic mass is 16.6. The molecule has 552 valence electrons. The number of likely N-dealkylation sites (tertiary alicyclic amines) is 6. The highest BCUT2D eigenvalue weighted by Crippen LogP contribution is 2.38. The Labute approximate surface area is 577 Å². The minimum absolute atomic E-state index is 0.0507. The Hall–Kier alpha value is -5.89. The molecule has 7 aliphatic heterocycles. The fourth-order valence-corrected chi connectivity index (χ4v) is 12.5. The molecule has 0 N–H and O–H groups in total. The van der Waals surface area contributed by atoms with Crippen molar-refractivity contribution < 1.29 is 76.4 Å². The Morgan fingerprint density at radius 1 is 0.427 bits per heavy atom. The molecule has 2 atom stereocenters. The van der Waals surface area contributed by atoms with Crippen molar-refractivity contribution in [2.24, 2.45) is 27.6 Å². The SMILES string of the molecule is CC(C)(C)OC(=O)N1CCC(=O)C(C)(C)C1.CC(C)(C)OC(=O)N1CCC(=O)CC1.CC(C)(C)OC(=O)N1CCC(N2CCCCC2)C(C)(C)C1.CC1=CCN(C(=O)OC(C)(C)C)CC1(C)C.CCC1CCN(C2CCN(C(=O)OC(C)(C)C)CC2(C)C)CC1.O=C=O.O=C=O. The Balaban J connectivity index is 0.000000593. The van der Waals surface area contributed by atoms with Crippen molar-refractivity contribution >= 4 is 54.3 Å². The van der Waals surface area contributed by atoms with Crippen LogP contribution in [0, 0.1) is 27.6 Å². The second kappa shape index (κ2) is 37.9. The molecule has 0 spiro atoms. The van der Waals surface area contributed by atoms with Gasteiger partial charge in [-0.05, 0) is 192 Å². The molecule has 6 fully saturated rings. The van der Waals surface area contributed by atoms with Crippen LogP contribution in [0.5, 0.6) is 0 Å².